The van der Waals surface area contributed by atoms with E-state index < -0.39 is 18.0 Å². The van der Waals surface area contributed by atoms with Crippen LogP contribution in [0.2, 0.25) is 0 Å². The van der Waals surface area contributed by atoms with Gasteiger partial charge in [-0.15, -0.1) is 0 Å². The number of benzene rings is 2. The summed E-state index contributed by atoms with van der Waals surface area (Å²) in [6.07, 6.45) is 0.177. The van der Waals surface area contributed by atoms with Crippen LogP contribution in [0.1, 0.15) is 30.7 Å². The quantitative estimate of drug-likeness (QED) is 0.614. The fourth-order valence-corrected chi connectivity index (χ4v) is 5.02. The Kier molecular flexibility index (Phi) is 8.01. The number of likely N-dealkylation sites (tertiary alicyclic amines) is 2. The zero-order valence-electron chi connectivity index (χ0n) is 20.5. The molecule has 37 heavy (non-hydrogen) atoms. The van der Waals surface area contributed by atoms with Crippen LogP contribution in [0.3, 0.4) is 0 Å². The summed E-state index contributed by atoms with van der Waals surface area (Å²) in [7, 11) is 1.58. The molecule has 2 aromatic rings. The van der Waals surface area contributed by atoms with Gasteiger partial charge in [0.25, 0.3) is 0 Å². The highest BCUT2D eigenvalue weighted by Crippen LogP contribution is 2.33. The normalized spacial score (nSPS) is 19.8. The largest absolute Gasteiger partial charge is 0.415 e. The molecule has 2 aliphatic heterocycles. The van der Waals surface area contributed by atoms with Gasteiger partial charge in [-0.2, -0.15) is 5.26 Å². The molecule has 0 N–H and O–H groups in total. The smallest absolute Gasteiger partial charge is 0.410 e. The van der Waals surface area contributed by atoms with Crippen LogP contribution in [0.4, 0.5) is 13.6 Å². The molecular weight excluding hydrogens is 482 g/mol. The number of likely N-dealkylation sites (N-methyl/N-ethyl adjacent to an activating group) is 1. The van der Waals surface area contributed by atoms with Crippen molar-refractivity contribution < 1.29 is 27.9 Å². The Hall–Kier alpha value is -4.00. The van der Waals surface area contributed by atoms with Gasteiger partial charge in [0, 0.05) is 45.1 Å². The van der Waals surface area contributed by atoms with Gasteiger partial charge >= 0.3 is 6.09 Å². The average Bonchev–Trinajstić information content (AvgIpc) is 3.35. The lowest BCUT2D eigenvalue weighted by Gasteiger charge is -2.33. The predicted octanol–water partition coefficient (Wildman–Crippen LogP) is 3.54. The number of carbonyl (C=O) groups is 3. The van der Waals surface area contributed by atoms with E-state index in [1.165, 1.54) is 41.3 Å². The maximum Gasteiger partial charge on any atom is 0.415 e. The van der Waals surface area contributed by atoms with Crippen molar-refractivity contribution >= 4 is 17.9 Å². The number of carbonyl (C=O) groups excluding carboxylic acids is 3. The number of nitrogens with zero attached hydrogens (tertiary/aromatic N) is 4. The molecule has 2 heterocycles. The predicted molar refractivity (Wildman–Crippen MR) is 129 cm³/mol. The molecule has 2 aliphatic rings. The van der Waals surface area contributed by atoms with E-state index in [4.69, 9.17) is 10.00 Å². The van der Waals surface area contributed by atoms with E-state index in [-0.39, 0.29) is 48.2 Å². The van der Waals surface area contributed by atoms with Crippen molar-refractivity contribution in [3.05, 3.63) is 65.7 Å². The van der Waals surface area contributed by atoms with Crippen LogP contribution in [0.5, 0.6) is 5.75 Å². The number of piperidine rings is 1. The summed E-state index contributed by atoms with van der Waals surface area (Å²) in [5.74, 6) is -1.46. The van der Waals surface area contributed by atoms with E-state index in [0.29, 0.717) is 32.5 Å². The summed E-state index contributed by atoms with van der Waals surface area (Å²) in [5.41, 5.74) is 0.792. The molecule has 4 rings (SSSR count). The number of halogens is 2. The van der Waals surface area contributed by atoms with Gasteiger partial charge in [0.1, 0.15) is 23.8 Å². The lowest BCUT2D eigenvalue weighted by Crippen LogP contribution is -2.45. The molecule has 0 spiro atoms. The van der Waals surface area contributed by atoms with E-state index in [1.54, 1.807) is 29.0 Å². The van der Waals surface area contributed by atoms with Crippen molar-refractivity contribution in [2.45, 2.75) is 31.2 Å². The summed E-state index contributed by atoms with van der Waals surface area (Å²) in [4.78, 5) is 43.1. The Morgan fingerprint density at radius 2 is 1.57 bits per heavy atom. The molecule has 2 fully saturated rings. The lowest BCUT2D eigenvalue weighted by molar-refractivity contribution is -0.139. The van der Waals surface area contributed by atoms with Gasteiger partial charge in [-0.1, -0.05) is 12.1 Å². The molecule has 3 amide bonds. The minimum Gasteiger partial charge on any atom is -0.410 e. The van der Waals surface area contributed by atoms with Crippen LogP contribution in [-0.2, 0) is 9.59 Å². The zero-order chi connectivity index (χ0) is 26.5. The van der Waals surface area contributed by atoms with Gasteiger partial charge in [0.15, 0.2) is 0 Å². The van der Waals surface area contributed by atoms with Crippen LogP contribution >= 0.6 is 0 Å². The zero-order valence-corrected chi connectivity index (χ0v) is 20.5. The SMILES string of the molecule is CN(C(=O)Oc1ccc(F)cc1)C1CN(C(=O)C2CCN(C(=O)CC#N)CC2)CC1c1ccc(F)cc1. The second-order valence-electron chi connectivity index (χ2n) is 9.39. The first kappa shape index (κ1) is 26.1. The van der Waals surface area contributed by atoms with Crippen molar-refractivity contribution in [3.63, 3.8) is 0 Å². The number of nitriles is 1. The van der Waals surface area contributed by atoms with E-state index >= 15 is 0 Å². The minimum atomic E-state index is -0.651. The molecule has 2 atom stereocenters. The van der Waals surface area contributed by atoms with E-state index in [0.717, 1.165) is 5.56 Å². The third-order valence-corrected chi connectivity index (χ3v) is 7.13. The molecular formula is C27H28F2N4O4. The van der Waals surface area contributed by atoms with Gasteiger partial charge < -0.3 is 19.4 Å². The highest BCUT2D eigenvalue weighted by molar-refractivity contribution is 5.81. The molecule has 0 saturated carbocycles. The van der Waals surface area contributed by atoms with Gasteiger partial charge in [-0.25, -0.2) is 13.6 Å². The fraction of sp³-hybridized carbons (Fsp3) is 0.407. The van der Waals surface area contributed by atoms with Crippen molar-refractivity contribution in [2.75, 3.05) is 33.2 Å². The number of amides is 3. The molecule has 2 saturated heterocycles. The molecule has 2 unspecified atom stereocenters. The summed E-state index contributed by atoms with van der Waals surface area (Å²) in [6.45, 7) is 1.44. The van der Waals surface area contributed by atoms with Crippen LogP contribution < -0.4 is 4.74 Å². The Labute approximate surface area is 214 Å². The van der Waals surface area contributed by atoms with Crippen LogP contribution in [0.25, 0.3) is 0 Å². The second-order valence-corrected chi connectivity index (χ2v) is 9.39. The molecule has 0 bridgehead atoms. The highest BCUT2D eigenvalue weighted by Gasteiger charge is 2.42. The first-order chi connectivity index (χ1) is 17.8. The number of rotatable bonds is 5. The minimum absolute atomic E-state index is 0.0534. The topological polar surface area (TPSA) is 93.9 Å². The molecule has 0 aromatic heterocycles. The number of hydrogen-bond donors (Lipinski definition) is 0. The number of hydrogen-bond acceptors (Lipinski definition) is 5. The van der Waals surface area contributed by atoms with Gasteiger partial charge in [-0.3, -0.25) is 9.59 Å². The Balaban J connectivity index is 1.47. The fourth-order valence-electron chi connectivity index (χ4n) is 5.02. The van der Waals surface area contributed by atoms with Crippen molar-refractivity contribution in [1.29, 1.82) is 5.26 Å². The maximum atomic E-state index is 13.6. The molecule has 8 nitrogen and oxygen atoms in total. The second kappa shape index (κ2) is 11.4. The summed E-state index contributed by atoms with van der Waals surface area (Å²) >= 11 is 0. The van der Waals surface area contributed by atoms with E-state index in [1.807, 2.05) is 6.07 Å². The lowest BCUT2D eigenvalue weighted by atomic mass is 9.93. The standard InChI is InChI=1S/C27H28F2N4O4/c1-31(27(36)37-22-8-6-21(29)7-9-22)24-17-33(16-23(24)18-2-4-20(28)5-3-18)26(35)19-11-14-32(15-12-19)25(34)10-13-30/h2-9,19,23-24H,10-12,14-17H2,1H3. The molecule has 2 aromatic carbocycles. The first-order valence-corrected chi connectivity index (χ1v) is 12.2. The third kappa shape index (κ3) is 6.05. The maximum absolute atomic E-state index is 13.6. The monoisotopic (exact) mass is 510 g/mol. The highest BCUT2D eigenvalue weighted by atomic mass is 19.1. The van der Waals surface area contributed by atoms with Crippen molar-refractivity contribution in [3.8, 4) is 11.8 Å². The van der Waals surface area contributed by atoms with Gasteiger partial charge in [-0.05, 0) is 54.8 Å². The van der Waals surface area contributed by atoms with Crippen LogP contribution in [-0.4, -0.2) is 71.9 Å². The molecule has 0 radical (unpaired) electrons. The Morgan fingerprint density at radius 1 is 0.973 bits per heavy atom. The Morgan fingerprint density at radius 3 is 2.16 bits per heavy atom. The van der Waals surface area contributed by atoms with E-state index in [9.17, 15) is 23.2 Å². The van der Waals surface area contributed by atoms with Crippen LogP contribution in [0.15, 0.2) is 48.5 Å². The summed E-state index contributed by atoms with van der Waals surface area (Å²) in [5, 5.41) is 8.76. The van der Waals surface area contributed by atoms with Crippen LogP contribution in [0, 0.1) is 28.9 Å². The summed E-state index contributed by atoms with van der Waals surface area (Å²) < 4.78 is 32.2. The molecule has 0 aliphatic carbocycles. The van der Waals surface area contributed by atoms with Crippen molar-refractivity contribution in [1.82, 2.24) is 14.7 Å². The first-order valence-electron chi connectivity index (χ1n) is 12.2. The van der Waals surface area contributed by atoms with Gasteiger partial charge in [0.05, 0.1) is 12.1 Å². The van der Waals surface area contributed by atoms with Gasteiger partial charge in [0.2, 0.25) is 11.8 Å². The molecule has 10 heteroatoms. The number of ether oxygens (including phenoxy) is 1. The molecule has 194 valence electrons. The average molecular weight is 511 g/mol. The van der Waals surface area contributed by atoms with Crippen molar-refractivity contribution in [2.24, 2.45) is 5.92 Å². The third-order valence-electron chi connectivity index (χ3n) is 7.13. The van der Waals surface area contributed by atoms with E-state index in [2.05, 4.69) is 0 Å². The Bertz CT molecular complexity index is 1170. The summed E-state index contributed by atoms with van der Waals surface area (Å²) in [6, 6.07) is 12.5.